The normalized spacial score (nSPS) is 10.3. The lowest BCUT2D eigenvalue weighted by atomic mass is 10.2. The van der Waals surface area contributed by atoms with Gasteiger partial charge in [0.15, 0.2) is 0 Å². The molecule has 0 fully saturated rings. The molecule has 2 rings (SSSR count). The molecule has 1 aromatic carbocycles. The van der Waals surface area contributed by atoms with E-state index in [1.807, 2.05) is 0 Å². The van der Waals surface area contributed by atoms with E-state index in [4.69, 9.17) is 0 Å². The average Bonchev–Trinajstić information content (AvgIpc) is 2.76. The van der Waals surface area contributed by atoms with Crippen LogP contribution in [0.2, 0.25) is 0 Å². The predicted octanol–water partition coefficient (Wildman–Crippen LogP) is 2.20. The standard InChI is InChI=1S/C13H13N3O4/c1-8-3-4-9(5-12(8)17)14-13(18)11-6-10(16(19)20)7-15(11)2/h3-7,17H,1-2H3,(H,14,18). The summed E-state index contributed by atoms with van der Waals surface area (Å²) >= 11 is 0. The zero-order valence-electron chi connectivity index (χ0n) is 11.0. The van der Waals surface area contributed by atoms with Crippen molar-refractivity contribution in [3.05, 3.63) is 51.8 Å². The van der Waals surface area contributed by atoms with Gasteiger partial charge < -0.3 is 15.0 Å². The third-order valence-corrected chi connectivity index (χ3v) is 2.90. The van der Waals surface area contributed by atoms with Gasteiger partial charge >= 0.3 is 0 Å². The molecule has 0 aliphatic carbocycles. The molecule has 104 valence electrons. The van der Waals surface area contributed by atoms with E-state index in [-0.39, 0.29) is 17.1 Å². The maximum atomic E-state index is 12.0. The quantitative estimate of drug-likeness (QED) is 0.662. The summed E-state index contributed by atoms with van der Waals surface area (Å²) in [4.78, 5) is 22.1. The number of amides is 1. The van der Waals surface area contributed by atoms with Crippen molar-refractivity contribution in [1.29, 1.82) is 0 Å². The van der Waals surface area contributed by atoms with Gasteiger partial charge in [-0.3, -0.25) is 14.9 Å². The van der Waals surface area contributed by atoms with Crippen LogP contribution in [0.25, 0.3) is 0 Å². The van der Waals surface area contributed by atoms with E-state index in [2.05, 4.69) is 5.32 Å². The molecule has 0 radical (unpaired) electrons. The molecule has 7 nitrogen and oxygen atoms in total. The van der Waals surface area contributed by atoms with E-state index in [1.165, 1.54) is 22.9 Å². The maximum Gasteiger partial charge on any atom is 0.287 e. The number of hydrogen-bond donors (Lipinski definition) is 2. The van der Waals surface area contributed by atoms with Gasteiger partial charge in [0.2, 0.25) is 0 Å². The fourth-order valence-electron chi connectivity index (χ4n) is 1.75. The fraction of sp³-hybridized carbons (Fsp3) is 0.154. The summed E-state index contributed by atoms with van der Waals surface area (Å²) in [7, 11) is 1.55. The molecule has 0 bridgehead atoms. The Morgan fingerprint density at radius 1 is 1.40 bits per heavy atom. The largest absolute Gasteiger partial charge is 0.508 e. The summed E-state index contributed by atoms with van der Waals surface area (Å²) in [6, 6.07) is 5.93. The topological polar surface area (TPSA) is 97.4 Å². The van der Waals surface area contributed by atoms with Crippen LogP contribution in [0.4, 0.5) is 11.4 Å². The Kier molecular flexibility index (Phi) is 3.43. The van der Waals surface area contributed by atoms with Crippen molar-refractivity contribution in [2.45, 2.75) is 6.92 Å². The summed E-state index contributed by atoms with van der Waals surface area (Å²) in [5, 5.41) is 22.8. The monoisotopic (exact) mass is 275 g/mol. The van der Waals surface area contributed by atoms with Crippen LogP contribution in [0.1, 0.15) is 16.1 Å². The lowest BCUT2D eigenvalue weighted by Gasteiger charge is -2.07. The highest BCUT2D eigenvalue weighted by atomic mass is 16.6. The van der Waals surface area contributed by atoms with Crippen molar-refractivity contribution < 1.29 is 14.8 Å². The van der Waals surface area contributed by atoms with Gasteiger partial charge in [-0.1, -0.05) is 6.07 Å². The number of nitrogens with one attached hydrogen (secondary N) is 1. The number of phenolic OH excluding ortho intramolecular Hbond substituents is 1. The first-order chi connectivity index (χ1) is 9.38. The highest BCUT2D eigenvalue weighted by molar-refractivity contribution is 6.03. The Balaban J connectivity index is 2.23. The van der Waals surface area contributed by atoms with Crippen LogP contribution in [0.3, 0.4) is 0 Å². The molecule has 1 amide bonds. The first-order valence-corrected chi connectivity index (χ1v) is 5.80. The first kappa shape index (κ1) is 13.6. The zero-order valence-corrected chi connectivity index (χ0v) is 11.0. The minimum Gasteiger partial charge on any atom is -0.508 e. The van der Waals surface area contributed by atoms with Crippen LogP contribution in [-0.2, 0) is 7.05 Å². The molecule has 7 heteroatoms. The van der Waals surface area contributed by atoms with E-state index in [0.717, 1.165) is 0 Å². The summed E-state index contributed by atoms with van der Waals surface area (Å²) < 4.78 is 1.38. The second-order valence-corrected chi connectivity index (χ2v) is 4.41. The van der Waals surface area contributed by atoms with Crippen molar-refractivity contribution >= 4 is 17.3 Å². The minimum absolute atomic E-state index is 0.0701. The molecule has 0 aliphatic heterocycles. The van der Waals surface area contributed by atoms with Gasteiger partial charge in [0.1, 0.15) is 11.4 Å². The first-order valence-electron chi connectivity index (χ1n) is 5.80. The Morgan fingerprint density at radius 2 is 2.10 bits per heavy atom. The van der Waals surface area contributed by atoms with Gasteiger partial charge in [-0.15, -0.1) is 0 Å². The van der Waals surface area contributed by atoms with Gasteiger partial charge in [-0.05, 0) is 18.6 Å². The van der Waals surface area contributed by atoms with Crippen molar-refractivity contribution in [1.82, 2.24) is 4.57 Å². The summed E-state index contributed by atoms with van der Waals surface area (Å²) in [5.74, 6) is -0.412. The van der Waals surface area contributed by atoms with E-state index >= 15 is 0 Å². The molecule has 2 aromatic rings. The second kappa shape index (κ2) is 5.04. The van der Waals surface area contributed by atoms with Crippen LogP contribution in [-0.4, -0.2) is 20.5 Å². The average molecular weight is 275 g/mol. The third-order valence-electron chi connectivity index (χ3n) is 2.90. The maximum absolute atomic E-state index is 12.0. The molecule has 20 heavy (non-hydrogen) atoms. The van der Waals surface area contributed by atoms with E-state index in [0.29, 0.717) is 11.3 Å². The number of nitrogens with zero attached hydrogens (tertiary/aromatic N) is 2. The Hall–Kier alpha value is -2.83. The molecular weight excluding hydrogens is 262 g/mol. The number of carbonyl (C=O) groups is 1. The molecule has 2 N–H and O–H groups in total. The number of aryl methyl sites for hydroxylation is 2. The van der Waals surface area contributed by atoms with E-state index in [9.17, 15) is 20.0 Å². The third kappa shape index (κ3) is 2.61. The Morgan fingerprint density at radius 3 is 2.65 bits per heavy atom. The predicted molar refractivity (Wildman–Crippen MR) is 72.9 cm³/mol. The van der Waals surface area contributed by atoms with Gasteiger partial charge in [-0.2, -0.15) is 0 Å². The van der Waals surface area contributed by atoms with Gasteiger partial charge in [0.25, 0.3) is 11.6 Å². The number of aromatic hydroxyl groups is 1. The second-order valence-electron chi connectivity index (χ2n) is 4.41. The van der Waals surface area contributed by atoms with Crippen LogP contribution in [0, 0.1) is 17.0 Å². The van der Waals surface area contributed by atoms with E-state index < -0.39 is 10.8 Å². The van der Waals surface area contributed by atoms with Crippen molar-refractivity contribution in [2.75, 3.05) is 5.32 Å². The molecule has 0 atom stereocenters. The van der Waals surface area contributed by atoms with Crippen LogP contribution in [0.5, 0.6) is 5.75 Å². The number of nitro groups is 1. The van der Waals surface area contributed by atoms with Crippen LogP contribution in [0.15, 0.2) is 30.5 Å². The number of benzene rings is 1. The molecular formula is C13H13N3O4. The number of hydrogen-bond acceptors (Lipinski definition) is 4. The zero-order chi connectivity index (χ0) is 14.9. The van der Waals surface area contributed by atoms with Gasteiger partial charge in [0.05, 0.1) is 11.1 Å². The highest BCUT2D eigenvalue weighted by Crippen LogP contribution is 2.22. The highest BCUT2D eigenvalue weighted by Gasteiger charge is 2.17. The van der Waals surface area contributed by atoms with Crippen molar-refractivity contribution in [3.63, 3.8) is 0 Å². The molecule has 0 saturated carbocycles. The minimum atomic E-state index is -0.561. The number of anilines is 1. The lowest BCUT2D eigenvalue weighted by Crippen LogP contribution is -2.15. The Bertz CT molecular complexity index is 691. The number of aromatic nitrogens is 1. The summed E-state index contributed by atoms with van der Waals surface area (Å²) in [6.45, 7) is 1.74. The Labute approximate surface area is 114 Å². The molecule has 0 saturated heterocycles. The summed E-state index contributed by atoms with van der Waals surface area (Å²) in [5.41, 5.74) is 1.13. The number of carbonyl (C=O) groups excluding carboxylic acids is 1. The van der Waals surface area contributed by atoms with Gasteiger partial charge in [0, 0.05) is 24.9 Å². The smallest absolute Gasteiger partial charge is 0.287 e. The van der Waals surface area contributed by atoms with Gasteiger partial charge in [-0.25, -0.2) is 0 Å². The molecule has 0 unspecified atom stereocenters. The summed E-state index contributed by atoms with van der Waals surface area (Å²) in [6.07, 6.45) is 1.27. The van der Waals surface area contributed by atoms with Crippen LogP contribution < -0.4 is 5.32 Å². The van der Waals surface area contributed by atoms with Crippen molar-refractivity contribution in [3.8, 4) is 5.75 Å². The van der Waals surface area contributed by atoms with Crippen LogP contribution >= 0.6 is 0 Å². The number of phenols is 1. The van der Waals surface area contributed by atoms with Crippen molar-refractivity contribution in [2.24, 2.45) is 7.05 Å². The van der Waals surface area contributed by atoms with E-state index in [1.54, 1.807) is 26.1 Å². The molecule has 1 aromatic heterocycles. The molecule has 1 heterocycles. The fourth-order valence-corrected chi connectivity index (χ4v) is 1.75. The molecule has 0 aliphatic rings. The molecule has 0 spiro atoms. The lowest BCUT2D eigenvalue weighted by molar-refractivity contribution is -0.384. The SMILES string of the molecule is Cc1ccc(NC(=O)c2cc([N+](=O)[O-])cn2C)cc1O. The number of rotatable bonds is 3.